The van der Waals surface area contributed by atoms with E-state index < -0.39 is 6.09 Å². The molecule has 0 saturated carbocycles. The molecule has 0 saturated heterocycles. The van der Waals surface area contributed by atoms with Gasteiger partial charge in [-0.2, -0.15) is 0 Å². The molecule has 0 rings (SSSR count). The van der Waals surface area contributed by atoms with Gasteiger partial charge < -0.3 is 9.19 Å². The van der Waals surface area contributed by atoms with Crippen LogP contribution in [0, 0.1) is 0 Å². The predicted octanol–water partition coefficient (Wildman–Crippen LogP) is 2.40. The van der Waals surface area contributed by atoms with E-state index >= 15 is 0 Å². The summed E-state index contributed by atoms with van der Waals surface area (Å²) >= 11 is 4.94. The summed E-state index contributed by atoms with van der Waals surface area (Å²) in [5.41, 5.74) is 0. The quantitative estimate of drug-likeness (QED) is 0.652. The number of halogens is 1. The Kier molecular flexibility index (Phi) is 4.26. The molecule has 0 fully saturated rings. The SMILES string of the molecule is CC(C)N(C(=O)OCl)C(C)C. The van der Waals surface area contributed by atoms with Gasteiger partial charge in [-0.15, -0.1) is 0 Å². The van der Waals surface area contributed by atoms with Crippen molar-refractivity contribution in [2.75, 3.05) is 0 Å². The zero-order chi connectivity index (χ0) is 9.02. The third kappa shape index (κ3) is 2.97. The van der Waals surface area contributed by atoms with Crippen LogP contribution >= 0.6 is 11.9 Å². The molecule has 0 heterocycles. The number of nitrogens with zero attached hydrogens (tertiary/aromatic N) is 1. The molecule has 0 aliphatic carbocycles. The standard InChI is InChI=1S/C7H14ClNO2/c1-5(2)9(6(3)4)7(10)11-8/h5-6H,1-4H3. The van der Waals surface area contributed by atoms with Crippen LogP contribution in [-0.4, -0.2) is 23.1 Å². The van der Waals surface area contributed by atoms with Gasteiger partial charge in [0.15, 0.2) is 0 Å². The molecule has 0 aromatic carbocycles. The Bertz CT molecular complexity index is 128. The number of carbonyl (C=O) groups excluding carboxylic acids is 1. The fourth-order valence-electron chi connectivity index (χ4n) is 1.06. The Hall–Kier alpha value is -0.440. The first-order chi connectivity index (χ1) is 5.00. The van der Waals surface area contributed by atoms with Crippen molar-refractivity contribution in [3.63, 3.8) is 0 Å². The maximum Gasteiger partial charge on any atom is 0.428 e. The molecule has 1 amide bonds. The fraction of sp³-hybridized carbons (Fsp3) is 0.857. The van der Waals surface area contributed by atoms with E-state index in [1.165, 1.54) is 0 Å². The third-order valence-corrected chi connectivity index (χ3v) is 1.52. The number of carbonyl (C=O) groups is 1. The largest absolute Gasteiger partial charge is 0.428 e. The average Bonchev–Trinajstić information content (AvgIpc) is 1.85. The van der Waals surface area contributed by atoms with E-state index in [4.69, 9.17) is 11.9 Å². The first-order valence-corrected chi connectivity index (χ1v) is 3.92. The minimum atomic E-state index is -0.489. The van der Waals surface area contributed by atoms with E-state index in [-0.39, 0.29) is 12.1 Å². The van der Waals surface area contributed by atoms with Gasteiger partial charge in [-0.3, -0.25) is 0 Å². The second-order valence-electron chi connectivity index (χ2n) is 2.94. The van der Waals surface area contributed by atoms with Crippen molar-refractivity contribution in [2.45, 2.75) is 39.8 Å². The lowest BCUT2D eigenvalue weighted by molar-refractivity contribution is 0.126. The Labute approximate surface area is 72.4 Å². The molecule has 0 aliphatic heterocycles. The molecule has 0 atom stereocenters. The highest BCUT2D eigenvalue weighted by Gasteiger charge is 2.20. The van der Waals surface area contributed by atoms with Gasteiger partial charge in [0, 0.05) is 12.1 Å². The summed E-state index contributed by atoms with van der Waals surface area (Å²) in [6.45, 7) is 7.64. The smallest absolute Gasteiger partial charge is 0.330 e. The summed E-state index contributed by atoms with van der Waals surface area (Å²) in [4.78, 5) is 12.5. The van der Waals surface area contributed by atoms with Gasteiger partial charge in [-0.25, -0.2) is 4.79 Å². The fourth-order valence-corrected chi connectivity index (χ4v) is 1.14. The maximum absolute atomic E-state index is 11.0. The highest BCUT2D eigenvalue weighted by atomic mass is 35.5. The zero-order valence-corrected chi connectivity index (χ0v) is 8.05. The summed E-state index contributed by atoms with van der Waals surface area (Å²) in [7, 11) is 0. The number of hydrogen-bond donors (Lipinski definition) is 0. The van der Waals surface area contributed by atoms with Crippen molar-refractivity contribution in [3.05, 3.63) is 0 Å². The summed E-state index contributed by atoms with van der Waals surface area (Å²) in [6.07, 6.45) is -0.489. The number of hydrogen-bond acceptors (Lipinski definition) is 2. The van der Waals surface area contributed by atoms with Crippen molar-refractivity contribution < 1.29 is 9.08 Å². The van der Waals surface area contributed by atoms with Crippen LogP contribution in [0.15, 0.2) is 0 Å². The molecule has 11 heavy (non-hydrogen) atoms. The lowest BCUT2D eigenvalue weighted by Gasteiger charge is -2.27. The Morgan fingerprint density at radius 1 is 1.27 bits per heavy atom. The van der Waals surface area contributed by atoms with Crippen LogP contribution in [0.1, 0.15) is 27.7 Å². The summed E-state index contributed by atoms with van der Waals surface area (Å²) in [5.74, 6) is 0. The molecule has 4 heteroatoms. The average molecular weight is 180 g/mol. The van der Waals surface area contributed by atoms with Crippen molar-refractivity contribution in [1.82, 2.24) is 4.90 Å². The van der Waals surface area contributed by atoms with Crippen molar-refractivity contribution in [3.8, 4) is 0 Å². The van der Waals surface area contributed by atoms with Gasteiger partial charge in [-0.05, 0) is 27.7 Å². The highest BCUT2D eigenvalue weighted by Crippen LogP contribution is 2.07. The molecule has 0 aromatic heterocycles. The molecule has 0 radical (unpaired) electrons. The van der Waals surface area contributed by atoms with Crippen LogP contribution in [0.25, 0.3) is 0 Å². The summed E-state index contributed by atoms with van der Waals surface area (Å²) in [6, 6.07) is 0.225. The maximum atomic E-state index is 11.0. The van der Waals surface area contributed by atoms with Crippen LogP contribution in [0.2, 0.25) is 0 Å². The van der Waals surface area contributed by atoms with E-state index in [1.807, 2.05) is 27.7 Å². The van der Waals surface area contributed by atoms with E-state index in [2.05, 4.69) is 4.29 Å². The van der Waals surface area contributed by atoms with Crippen LogP contribution in [-0.2, 0) is 4.29 Å². The van der Waals surface area contributed by atoms with Gasteiger partial charge in [0.25, 0.3) is 0 Å². The van der Waals surface area contributed by atoms with Crippen molar-refractivity contribution in [1.29, 1.82) is 0 Å². The van der Waals surface area contributed by atoms with Crippen LogP contribution in [0.5, 0.6) is 0 Å². The van der Waals surface area contributed by atoms with E-state index in [0.29, 0.717) is 0 Å². The molecule has 0 unspecified atom stereocenters. The molecule has 66 valence electrons. The van der Waals surface area contributed by atoms with Gasteiger partial charge in [0.05, 0.1) is 0 Å². The molecule has 0 spiro atoms. The summed E-state index contributed by atoms with van der Waals surface area (Å²) in [5, 5.41) is 0. The minimum Gasteiger partial charge on any atom is -0.330 e. The van der Waals surface area contributed by atoms with Crippen molar-refractivity contribution >= 4 is 18.0 Å². The molecule has 3 nitrogen and oxygen atoms in total. The molecule has 0 aliphatic rings. The molecular formula is C7H14ClNO2. The van der Waals surface area contributed by atoms with Gasteiger partial charge >= 0.3 is 6.09 Å². The topological polar surface area (TPSA) is 29.5 Å². The molecule has 0 aromatic rings. The molecular weight excluding hydrogens is 166 g/mol. The van der Waals surface area contributed by atoms with Crippen LogP contribution in [0.3, 0.4) is 0 Å². The second kappa shape index (κ2) is 4.44. The zero-order valence-electron chi connectivity index (χ0n) is 7.30. The van der Waals surface area contributed by atoms with Crippen LogP contribution in [0.4, 0.5) is 4.79 Å². The Balaban J connectivity index is 4.22. The normalized spacial score (nSPS) is 10.5. The van der Waals surface area contributed by atoms with E-state index in [0.717, 1.165) is 0 Å². The highest BCUT2D eigenvalue weighted by molar-refractivity contribution is 6.12. The van der Waals surface area contributed by atoms with Gasteiger partial charge in [0.2, 0.25) is 0 Å². The molecule has 0 N–H and O–H groups in total. The second-order valence-corrected chi connectivity index (χ2v) is 3.09. The van der Waals surface area contributed by atoms with E-state index in [9.17, 15) is 4.79 Å². The van der Waals surface area contributed by atoms with Crippen LogP contribution < -0.4 is 0 Å². The van der Waals surface area contributed by atoms with Gasteiger partial charge in [-0.1, -0.05) is 0 Å². The van der Waals surface area contributed by atoms with Crippen molar-refractivity contribution in [2.24, 2.45) is 0 Å². The Morgan fingerprint density at radius 3 is 1.73 bits per heavy atom. The van der Waals surface area contributed by atoms with Gasteiger partial charge in [0.1, 0.15) is 11.9 Å². The Morgan fingerprint density at radius 2 is 1.64 bits per heavy atom. The van der Waals surface area contributed by atoms with E-state index in [1.54, 1.807) is 4.90 Å². The lowest BCUT2D eigenvalue weighted by Crippen LogP contribution is -2.41. The summed E-state index contributed by atoms with van der Waals surface area (Å²) < 4.78 is 4.09. The predicted molar refractivity (Wildman–Crippen MR) is 44.4 cm³/mol. The minimum absolute atomic E-state index is 0.112. The number of amides is 1. The number of rotatable bonds is 2. The third-order valence-electron chi connectivity index (χ3n) is 1.39. The first-order valence-electron chi connectivity index (χ1n) is 3.61. The lowest BCUT2D eigenvalue weighted by atomic mass is 10.2. The molecule has 0 bridgehead atoms. The monoisotopic (exact) mass is 179 g/mol. The first kappa shape index (κ1) is 10.6.